The van der Waals surface area contributed by atoms with Gasteiger partial charge in [0.15, 0.2) is 0 Å². The van der Waals surface area contributed by atoms with Gasteiger partial charge in [0.2, 0.25) is 5.95 Å². The second-order valence-electron chi connectivity index (χ2n) is 8.19. The highest BCUT2D eigenvalue weighted by Crippen LogP contribution is 2.39. The summed E-state index contributed by atoms with van der Waals surface area (Å²) in [4.78, 5) is 26.7. The smallest absolute Gasteiger partial charge is 0.294 e. The molecule has 3 heterocycles. The zero-order chi connectivity index (χ0) is 25.8. The lowest BCUT2D eigenvalue weighted by molar-refractivity contribution is -0.384. The maximum Gasteiger partial charge on any atom is 0.294 e. The number of benzene rings is 2. The van der Waals surface area contributed by atoms with E-state index in [2.05, 4.69) is 20.3 Å². The lowest BCUT2D eigenvalue weighted by atomic mass is 10.2. The Labute approximate surface area is 212 Å². The summed E-state index contributed by atoms with van der Waals surface area (Å²) in [5, 5.41) is 24.8. The Hall–Kier alpha value is -4.55. The Kier molecular flexibility index (Phi) is 6.92. The van der Waals surface area contributed by atoms with Crippen molar-refractivity contribution in [3.63, 3.8) is 0 Å². The molecule has 0 spiro atoms. The van der Waals surface area contributed by atoms with Crippen molar-refractivity contribution in [3.8, 4) is 22.8 Å². The van der Waals surface area contributed by atoms with E-state index in [1.165, 1.54) is 13.2 Å². The molecule has 37 heavy (non-hydrogen) atoms. The third kappa shape index (κ3) is 5.06. The van der Waals surface area contributed by atoms with Crippen molar-refractivity contribution in [3.05, 3.63) is 76.9 Å². The average molecular weight is 504 g/mol. The molecule has 2 N–H and O–H groups in total. The standard InChI is InChI=1S/C25H25N7O5/c1-36-23-14-21(30-9-11-37-12-10-30)22(32(34)35)13-19(23)29-25-26-8-7-18(28-25)20-15-31(24(16-33)27-20)17-5-3-2-4-6-17/h2-8,13-15,33H,9-12,16H2,1H3,(H,26,28,29). The number of ether oxygens (including phenoxy) is 2. The molecule has 1 aliphatic rings. The molecule has 4 aromatic rings. The summed E-state index contributed by atoms with van der Waals surface area (Å²) >= 11 is 0. The first-order chi connectivity index (χ1) is 18.1. The van der Waals surface area contributed by atoms with Gasteiger partial charge in [0.25, 0.3) is 5.69 Å². The molecular weight excluding hydrogens is 478 g/mol. The van der Waals surface area contributed by atoms with Crippen molar-refractivity contribution in [1.82, 2.24) is 19.5 Å². The number of aliphatic hydroxyl groups is 1. The number of nitro groups is 1. The number of methoxy groups -OCH3 is 1. The van der Waals surface area contributed by atoms with Crippen LogP contribution in [0.25, 0.3) is 17.1 Å². The van der Waals surface area contributed by atoms with Crippen LogP contribution in [0, 0.1) is 10.1 Å². The third-order valence-electron chi connectivity index (χ3n) is 5.96. The molecule has 0 radical (unpaired) electrons. The lowest BCUT2D eigenvalue weighted by Crippen LogP contribution is -2.36. The van der Waals surface area contributed by atoms with Gasteiger partial charge in [-0.1, -0.05) is 18.2 Å². The Morgan fingerprint density at radius 1 is 1.14 bits per heavy atom. The lowest BCUT2D eigenvalue weighted by Gasteiger charge is -2.29. The van der Waals surface area contributed by atoms with Gasteiger partial charge in [-0.25, -0.2) is 15.0 Å². The number of nitro benzene ring substituents is 1. The number of aromatic nitrogens is 4. The molecule has 0 saturated carbocycles. The number of anilines is 3. The van der Waals surface area contributed by atoms with Crippen LogP contribution in [0.2, 0.25) is 0 Å². The van der Waals surface area contributed by atoms with Gasteiger partial charge in [0.05, 0.1) is 36.6 Å². The number of nitrogens with zero attached hydrogens (tertiary/aromatic N) is 6. The van der Waals surface area contributed by atoms with E-state index >= 15 is 0 Å². The molecule has 1 fully saturated rings. The first-order valence-corrected chi connectivity index (χ1v) is 11.6. The molecule has 2 aromatic heterocycles. The Bertz CT molecular complexity index is 1400. The summed E-state index contributed by atoms with van der Waals surface area (Å²) in [7, 11) is 1.50. The Morgan fingerprint density at radius 2 is 1.92 bits per heavy atom. The van der Waals surface area contributed by atoms with Crippen molar-refractivity contribution in [2.75, 3.05) is 43.6 Å². The van der Waals surface area contributed by atoms with Crippen molar-refractivity contribution in [2.45, 2.75) is 6.61 Å². The first kappa shape index (κ1) is 24.2. The second kappa shape index (κ2) is 10.6. The number of para-hydroxylation sites is 1. The molecule has 0 aliphatic carbocycles. The summed E-state index contributed by atoms with van der Waals surface area (Å²) in [6.07, 6.45) is 3.35. The zero-order valence-corrected chi connectivity index (χ0v) is 20.1. The van der Waals surface area contributed by atoms with Crippen molar-refractivity contribution in [2.24, 2.45) is 0 Å². The molecule has 1 aliphatic heterocycles. The largest absolute Gasteiger partial charge is 0.494 e. The summed E-state index contributed by atoms with van der Waals surface area (Å²) < 4.78 is 12.7. The molecule has 1 saturated heterocycles. The molecule has 2 aromatic carbocycles. The topological polar surface area (TPSA) is 141 Å². The maximum absolute atomic E-state index is 11.9. The van der Waals surface area contributed by atoms with E-state index in [1.54, 1.807) is 29.1 Å². The Morgan fingerprint density at radius 3 is 2.62 bits per heavy atom. The SMILES string of the molecule is COc1cc(N2CCOCC2)c([N+](=O)[O-])cc1Nc1nccc(-c2cn(-c3ccccc3)c(CO)n2)n1. The number of hydrogen-bond acceptors (Lipinski definition) is 10. The molecule has 5 rings (SSSR count). The van der Waals surface area contributed by atoms with Crippen LogP contribution in [-0.4, -0.2) is 63.0 Å². The zero-order valence-electron chi connectivity index (χ0n) is 20.1. The normalized spacial score (nSPS) is 13.4. The van der Waals surface area contributed by atoms with E-state index in [-0.39, 0.29) is 18.2 Å². The third-order valence-corrected chi connectivity index (χ3v) is 5.96. The van der Waals surface area contributed by atoms with Gasteiger partial charge < -0.3 is 29.4 Å². The first-order valence-electron chi connectivity index (χ1n) is 11.6. The van der Waals surface area contributed by atoms with E-state index in [4.69, 9.17) is 9.47 Å². The van der Waals surface area contributed by atoms with Crippen molar-refractivity contribution >= 4 is 23.0 Å². The van der Waals surface area contributed by atoms with Crippen molar-refractivity contribution in [1.29, 1.82) is 0 Å². The van der Waals surface area contributed by atoms with Crippen LogP contribution in [0.15, 0.2) is 60.9 Å². The molecule has 12 heteroatoms. The van der Waals surface area contributed by atoms with E-state index < -0.39 is 4.92 Å². The minimum absolute atomic E-state index is 0.0597. The average Bonchev–Trinajstić information content (AvgIpc) is 3.39. The van der Waals surface area contributed by atoms with Crippen LogP contribution in [0.1, 0.15) is 5.82 Å². The molecule has 12 nitrogen and oxygen atoms in total. The van der Waals surface area contributed by atoms with Gasteiger partial charge in [-0.2, -0.15) is 0 Å². The number of hydrogen-bond donors (Lipinski definition) is 2. The van der Waals surface area contributed by atoms with E-state index in [0.717, 1.165) is 5.69 Å². The number of nitrogens with one attached hydrogen (secondary N) is 1. The van der Waals surface area contributed by atoms with Gasteiger partial charge >= 0.3 is 0 Å². The van der Waals surface area contributed by atoms with E-state index in [1.807, 2.05) is 35.2 Å². The summed E-state index contributed by atoms with van der Waals surface area (Å²) in [6, 6.07) is 14.3. The minimum atomic E-state index is -0.417. The maximum atomic E-state index is 11.9. The van der Waals surface area contributed by atoms with Gasteiger partial charge in [-0.05, 0) is 18.2 Å². The number of morpholine rings is 1. The highest BCUT2D eigenvalue weighted by atomic mass is 16.6. The molecule has 0 unspecified atom stereocenters. The highest BCUT2D eigenvalue weighted by molar-refractivity contribution is 5.77. The van der Waals surface area contributed by atoms with E-state index in [0.29, 0.717) is 60.6 Å². The highest BCUT2D eigenvalue weighted by Gasteiger charge is 2.25. The molecule has 0 amide bonds. The monoisotopic (exact) mass is 503 g/mol. The molecule has 190 valence electrons. The summed E-state index contributed by atoms with van der Waals surface area (Å²) in [5.74, 6) is 1.09. The van der Waals surface area contributed by atoms with Gasteiger partial charge in [0, 0.05) is 43.3 Å². The minimum Gasteiger partial charge on any atom is -0.494 e. The quantitative estimate of drug-likeness (QED) is 0.272. The number of aliphatic hydroxyl groups excluding tert-OH is 1. The molecule has 0 bridgehead atoms. The predicted octanol–water partition coefficient (Wildman–Crippen LogP) is 3.32. The fraction of sp³-hybridized carbons (Fsp3) is 0.240. The van der Waals surface area contributed by atoms with Crippen LogP contribution in [0.4, 0.5) is 23.0 Å². The summed E-state index contributed by atoms with van der Waals surface area (Å²) in [5.41, 5.74) is 2.67. The fourth-order valence-electron chi connectivity index (χ4n) is 4.18. The Balaban J connectivity index is 1.47. The van der Waals surface area contributed by atoms with Crippen LogP contribution < -0.4 is 15.0 Å². The van der Waals surface area contributed by atoms with Crippen LogP contribution in [-0.2, 0) is 11.3 Å². The second-order valence-corrected chi connectivity index (χ2v) is 8.19. The van der Waals surface area contributed by atoms with Crippen LogP contribution in [0.5, 0.6) is 5.75 Å². The van der Waals surface area contributed by atoms with Crippen LogP contribution >= 0.6 is 0 Å². The molecular formula is C25H25N7O5. The van der Waals surface area contributed by atoms with Crippen molar-refractivity contribution < 1.29 is 19.5 Å². The van der Waals surface area contributed by atoms with Gasteiger partial charge in [-0.15, -0.1) is 0 Å². The van der Waals surface area contributed by atoms with Crippen LogP contribution in [0.3, 0.4) is 0 Å². The van der Waals surface area contributed by atoms with Gasteiger partial charge in [-0.3, -0.25) is 10.1 Å². The van der Waals surface area contributed by atoms with Gasteiger partial charge in [0.1, 0.15) is 29.6 Å². The summed E-state index contributed by atoms with van der Waals surface area (Å²) in [6.45, 7) is 1.85. The van der Waals surface area contributed by atoms with E-state index in [9.17, 15) is 15.2 Å². The predicted molar refractivity (Wildman–Crippen MR) is 136 cm³/mol. The molecule has 0 atom stereocenters. The fourth-order valence-corrected chi connectivity index (χ4v) is 4.18. The number of rotatable bonds is 8. The number of imidazole rings is 1.